The SMILES string of the molecule is Cc1ccc(C2CSCCN2C(=O)C2CC23CCNCC3)cc1. The van der Waals surface area contributed by atoms with E-state index in [0.29, 0.717) is 17.2 Å². The van der Waals surface area contributed by atoms with E-state index < -0.39 is 0 Å². The fourth-order valence-electron chi connectivity index (χ4n) is 4.31. The van der Waals surface area contributed by atoms with E-state index in [2.05, 4.69) is 41.4 Å². The Hall–Kier alpha value is -1.00. The van der Waals surface area contributed by atoms with Gasteiger partial charge in [0.2, 0.25) is 5.91 Å². The molecular weight excluding hydrogens is 304 g/mol. The van der Waals surface area contributed by atoms with Gasteiger partial charge in [0.15, 0.2) is 0 Å². The smallest absolute Gasteiger partial charge is 0.226 e. The van der Waals surface area contributed by atoms with E-state index in [1.807, 2.05) is 11.8 Å². The van der Waals surface area contributed by atoms with Crippen LogP contribution in [0.3, 0.4) is 0 Å². The average molecular weight is 330 g/mol. The van der Waals surface area contributed by atoms with Crippen LogP contribution in [0.25, 0.3) is 0 Å². The van der Waals surface area contributed by atoms with E-state index in [4.69, 9.17) is 0 Å². The maximum atomic E-state index is 13.2. The molecular formula is C19H26N2OS. The lowest BCUT2D eigenvalue weighted by Crippen LogP contribution is -2.43. The lowest BCUT2D eigenvalue weighted by Gasteiger charge is -2.37. The van der Waals surface area contributed by atoms with Crippen molar-refractivity contribution in [3.8, 4) is 0 Å². The van der Waals surface area contributed by atoms with Crippen LogP contribution in [0.1, 0.15) is 36.4 Å². The van der Waals surface area contributed by atoms with Gasteiger partial charge < -0.3 is 10.2 Å². The number of nitrogens with one attached hydrogen (secondary N) is 1. The van der Waals surface area contributed by atoms with Crippen LogP contribution in [-0.4, -0.2) is 41.9 Å². The van der Waals surface area contributed by atoms with Crippen molar-refractivity contribution >= 4 is 17.7 Å². The highest BCUT2D eigenvalue weighted by Crippen LogP contribution is 2.59. The van der Waals surface area contributed by atoms with Gasteiger partial charge in [0, 0.05) is 24.0 Å². The van der Waals surface area contributed by atoms with Crippen molar-refractivity contribution in [1.82, 2.24) is 10.2 Å². The number of thioether (sulfide) groups is 1. The van der Waals surface area contributed by atoms with Crippen molar-refractivity contribution in [3.05, 3.63) is 35.4 Å². The summed E-state index contributed by atoms with van der Waals surface area (Å²) in [5, 5.41) is 3.43. The molecule has 1 aliphatic carbocycles. The van der Waals surface area contributed by atoms with Crippen molar-refractivity contribution < 1.29 is 4.79 Å². The van der Waals surface area contributed by atoms with Gasteiger partial charge in [-0.2, -0.15) is 11.8 Å². The largest absolute Gasteiger partial charge is 0.334 e. The van der Waals surface area contributed by atoms with Crippen molar-refractivity contribution in [2.24, 2.45) is 11.3 Å². The first-order valence-electron chi connectivity index (χ1n) is 8.85. The molecule has 1 amide bonds. The van der Waals surface area contributed by atoms with Gasteiger partial charge in [-0.15, -0.1) is 0 Å². The second kappa shape index (κ2) is 6.14. The van der Waals surface area contributed by atoms with Crippen molar-refractivity contribution in [3.63, 3.8) is 0 Å². The van der Waals surface area contributed by atoms with Crippen LogP contribution in [0.2, 0.25) is 0 Å². The zero-order chi connectivity index (χ0) is 15.9. The summed E-state index contributed by atoms with van der Waals surface area (Å²) < 4.78 is 0. The van der Waals surface area contributed by atoms with Crippen LogP contribution in [0.5, 0.6) is 0 Å². The molecule has 1 aromatic carbocycles. The standard InChI is InChI=1S/C19H26N2OS/c1-14-2-4-15(5-3-14)17-13-23-11-10-21(17)18(22)16-12-19(16)6-8-20-9-7-19/h2-5,16-17,20H,6-13H2,1H3. The third kappa shape index (κ3) is 2.91. The normalized spacial score (nSPS) is 29.5. The molecule has 1 N–H and O–H groups in total. The van der Waals surface area contributed by atoms with Crippen molar-refractivity contribution in [2.75, 3.05) is 31.1 Å². The summed E-state index contributed by atoms with van der Waals surface area (Å²) in [5.74, 6) is 2.84. The van der Waals surface area contributed by atoms with E-state index >= 15 is 0 Å². The molecule has 1 spiro atoms. The molecule has 0 radical (unpaired) electrons. The average Bonchev–Trinajstić information content (AvgIpc) is 3.28. The Morgan fingerprint density at radius 1 is 1.26 bits per heavy atom. The van der Waals surface area contributed by atoms with Crippen LogP contribution in [0, 0.1) is 18.3 Å². The lowest BCUT2D eigenvalue weighted by atomic mass is 9.91. The van der Waals surface area contributed by atoms with E-state index in [1.165, 1.54) is 24.0 Å². The number of nitrogens with zero attached hydrogens (tertiary/aromatic N) is 1. The molecule has 3 aliphatic rings. The monoisotopic (exact) mass is 330 g/mol. The Bertz CT molecular complexity index is 580. The maximum Gasteiger partial charge on any atom is 0.226 e. The van der Waals surface area contributed by atoms with E-state index in [9.17, 15) is 4.79 Å². The molecule has 2 unspecified atom stereocenters. The number of hydrogen-bond donors (Lipinski definition) is 1. The first-order valence-corrected chi connectivity index (χ1v) is 10.0. The summed E-state index contributed by atoms with van der Waals surface area (Å²) in [6, 6.07) is 9.02. The minimum absolute atomic E-state index is 0.265. The van der Waals surface area contributed by atoms with Gasteiger partial charge in [0.25, 0.3) is 0 Å². The second-order valence-corrected chi connectivity index (χ2v) is 8.55. The van der Waals surface area contributed by atoms with Crippen LogP contribution >= 0.6 is 11.8 Å². The number of aryl methyl sites for hydroxylation is 1. The second-order valence-electron chi connectivity index (χ2n) is 7.40. The molecule has 0 aromatic heterocycles. The van der Waals surface area contributed by atoms with Crippen LogP contribution in [-0.2, 0) is 4.79 Å². The molecule has 2 saturated heterocycles. The van der Waals surface area contributed by atoms with Gasteiger partial charge in [0.05, 0.1) is 6.04 Å². The molecule has 23 heavy (non-hydrogen) atoms. The molecule has 0 bridgehead atoms. The molecule has 1 aromatic rings. The van der Waals surface area contributed by atoms with Crippen molar-refractivity contribution in [1.29, 1.82) is 0 Å². The van der Waals surface area contributed by atoms with E-state index in [1.54, 1.807) is 0 Å². The summed E-state index contributed by atoms with van der Waals surface area (Å²) in [6.45, 7) is 5.20. The highest BCUT2D eigenvalue weighted by Gasteiger charge is 2.59. The highest BCUT2D eigenvalue weighted by molar-refractivity contribution is 7.99. The molecule has 2 heterocycles. The molecule has 124 valence electrons. The van der Waals surface area contributed by atoms with Crippen molar-refractivity contribution in [2.45, 2.75) is 32.2 Å². The topological polar surface area (TPSA) is 32.3 Å². The summed E-state index contributed by atoms with van der Waals surface area (Å²) in [6.07, 6.45) is 3.49. The number of piperidine rings is 1. The molecule has 2 aliphatic heterocycles. The molecule has 1 saturated carbocycles. The number of hydrogen-bond acceptors (Lipinski definition) is 3. The van der Waals surface area contributed by atoms with Gasteiger partial charge >= 0.3 is 0 Å². The number of carbonyl (C=O) groups excluding carboxylic acids is 1. The zero-order valence-corrected chi connectivity index (χ0v) is 14.7. The van der Waals surface area contributed by atoms with Crippen LogP contribution in [0.15, 0.2) is 24.3 Å². The van der Waals surface area contributed by atoms with E-state index in [-0.39, 0.29) is 6.04 Å². The lowest BCUT2D eigenvalue weighted by molar-refractivity contribution is -0.135. The maximum absolute atomic E-state index is 13.2. The fraction of sp³-hybridized carbons (Fsp3) is 0.632. The number of amides is 1. The van der Waals surface area contributed by atoms with Gasteiger partial charge in [-0.1, -0.05) is 29.8 Å². The molecule has 3 nitrogen and oxygen atoms in total. The highest BCUT2D eigenvalue weighted by atomic mass is 32.2. The Morgan fingerprint density at radius 3 is 2.74 bits per heavy atom. The third-order valence-electron chi connectivity index (χ3n) is 5.96. The van der Waals surface area contributed by atoms with Gasteiger partial charge in [-0.3, -0.25) is 4.79 Å². The number of rotatable bonds is 2. The van der Waals surface area contributed by atoms with E-state index in [0.717, 1.165) is 37.6 Å². The molecule has 3 fully saturated rings. The predicted molar refractivity (Wildman–Crippen MR) is 95.6 cm³/mol. The molecule has 4 heteroatoms. The zero-order valence-electron chi connectivity index (χ0n) is 13.9. The van der Waals surface area contributed by atoms with Gasteiger partial charge in [-0.05, 0) is 50.3 Å². The summed E-state index contributed by atoms with van der Waals surface area (Å²) >= 11 is 1.98. The Kier molecular flexibility index (Phi) is 4.14. The minimum atomic E-state index is 0.265. The van der Waals surface area contributed by atoms with Gasteiger partial charge in [0.1, 0.15) is 0 Å². The summed E-state index contributed by atoms with van der Waals surface area (Å²) in [7, 11) is 0. The Morgan fingerprint density at radius 2 is 2.00 bits per heavy atom. The Labute approximate surface area is 143 Å². The van der Waals surface area contributed by atoms with Gasteiger partial charge in [-0.25, -0.2) is 0 Å². The minimum Gasteiger partial charge on any atom is -0.334 e. The quantitative estimate of drug-likeness (QED) is 0.905. The Balaban J connectivity index is 1.51. The van der Waals surface area contributed by atoms with Crippen LogP contribution in [0.4, 0.5) is 0 Å². The van der Waals surface area contributed by atoms with Crippen LogP contribution < -0.4 is 5.32 Å². The molecule has 4 rings (SSSR count). The summed E-state index contributed by atoms with van der Waals surface area (Å²) in [4.78, 5) is 15.4. The summed E-state index contributed by atoms with van der Waals surface area (Å²) in [5.41, 5.74) is 2.92. The molecule has 2 atom stereocenters. The number of carbonyl (C=O) groups is 1. The fourth-order valence-corrected chi connectivity index (χ4v) is 5.39. The first kappa shape index (κ1) is 15.5. The first-order chi connectivity index (χ1) is 11.2. The number of benzene rings is 1. The third-order valence-corrected chi connectivity index (χ3v) is 6.98. The predicted octanol–water partition coefficient (Wildman–Crippen LogP) is 3.00.